The van der Waals surface area contributed by atoms with Crippen LogP contribution in [0, 0.1) is 0 Å². The Bertz CT molecular complexity index is 1210. The Kier molecular flexibility index (Phi) is 5.48. The fourth-order valence-corrected chi connectivity index (χ4v) is 4.52. The van der Waals surface area contributed by atoms with Crippen LogP contribution in [0.1, 0.15) is 53.2 Å². The van der Waals surface area contributed by atoms with Crippen LogP contribution in [0.2, 0.25) is 0 Å². The lowest BCUT2D eigenvalue weighted by molar-refractivity contribution is 0.0950. The number of anilines is 1. The van der Waals surface area contributed by atoms with Gasteiger partial charge in [0.05, 0.1) is 30.1 Å². The van der Waals surface area contributed by atoms with E-state index in [9.17, 15) is 13.2 Å². The third-order valence-electron chi connectivity index (χ3n) is 5.21. The van der Waals surface area contributed by atoms with E-state index in [-0.39, 0.29) is 24.4 Å². The van der Waals surface area contributed by atoms with Crippen molar-refractivity contribution in [3.8, 4) is 0 Å². The minimum absolute atomic E-state index is 0.136. The van der Waals surface area contributed by atoms with Gasteiger partial charge in [0.15, 0.2) is 5.82 Å². The molecule has 1 N–H and O–H groups in total. The third kappa shape index (κ3) is 4.29. The lowest BCUT2D eigenvalue weighted by Gasteiger charge is -2.16. The Labute approximate surface area is 181 Å². The first-order valence-corrected chi connectivity index (χ1v) is 11.8. The summed E-state index contributed by atoms with van der Waals surface area (Å²) >= 11 is 0. The number of carbonyl (C=O) groups excluding carboxylic acids is 1. The van der Waals surface area contributed by atoms with E-state index in [1.807, 2.05) is 32.0 Å². The van der Waals surface area contributed by atoms with E-state index in [2.05, 4.69) is 20.4 Å². The molecule has 3 heterocycles. The molecular formula is C21H24N6O3S. The summed E-state index contributed by atoms with van der Waals surface area (Å²) in [5.74, 6) is -0.0777. The van der Waals surface area contributed by atoms with Crippen LogP contribution in [-0.4, -0.2) is 46.9 Å². The molecule has 162 valence electrons. The highest BCUT2D eigenvalue weighted by Crippen LogP contribution is 2.40. The summed E-state index contributed by atoms with van der Waals surface area (Å²) < 4.78 is 27.8. The van der Waals surface area contributed by atoms with Crippen LogP contribution >= 0.6 is 0 Å². The van der Waals surface area contributed by atoms with Gasteiger partial charge in [0.25, 0.3) is 5.91 Å². The number of aromatic nitrogens is 4. The van der Waals surface area contributed by atoms with Gasteiger partial charge in [-0.25, -0.2) is 13.4 Å². The molecule has 0 radical (unpaired) electrons. The summed E-state index contributed by atoms with van der Waals surface area (Å²) in [5, 5.41) is 7.39. The second-order valence-corrected chi connectivity index (χ2v) is 9.71. The van der Waals surface area contributed by atoms with Crippen LogP contribution in [0.15, 0.2) is 48.9 Å². The molecule has 1 aliphatic heterocycles. The van der Waals surface area contributed by atoms with Crippen molar-refractivity contribution in [3.05, 3.63) is 71.6 Å². The number of nitrogens with one attached hydrogen (secondary N) is 1. The van der Waals surface area contributed by atoms with Gasteiger partial charge in [0, 0.05) is 24.3 Å². The first-order chi connectivity index (χ1) is 14.7. The van der Waals surface area contributed by atoms with Crippen molar-refractivity contribution in [2.24, 2.45) is 0 Å². The van der Waals surface area contributed by atoms with Crippen LogP contribution < -0.4 is 9.62 Å². The topological polar surface area (TPSA) is 110 Å². The number of rotatable bonds is 6. The maximum absolute atomic E-state index is 12.7. The molecule has 1 aromatic carbocycles. The van der Waals surface area contributed by atoms with E-state index >= 15 is 0 Å². The molecule has 0 spiro atoms. The average Bonchev–Trinajstić information content (AvgIpc) is 3.37. The predicted molar refractivity (Wildman–Crippen MR) is 116 cm³/mol. The molecule has 3 aromatic rings. The van der Waals surface area contributed by atoms with Gasteiger partial charge in [0.2, 0.25) is 10.0 Å². The number of hydrogen-bond acceptors (Lipinski definition) is 6. The summed E-state index contributed by atoms with van der Waals surface area (Å²) in [5.41, 5.74) is 2.46. The standard InChI is InChI=1S/C21H24N6O3S/c1-14(2)26-13-24-20(25-26)18-12-27(31(3,29)30)19-8-7-15(10-17(18)19)21(28)23-11-16-6-4-5-9-22-16/h4-10,13-14,18H,11-12H2,1-3H3,(H,23,28)/t18-/m1/s1. The Balaban J connectivity index is 1.65. The van der Waals surface area contributed by atoms with Crippen molar-refractivity contribution < 1.29 is 13.2 Å². The molecule has 0 fully saturated rings. The molecule has 1 atom stereocenters. The van der Waals surface area contributed by atoms with Gasteiger partial charge in [-0.15, -0.1) is 0 Å². The molecule has 0 saturated carbocycles. The Morgan fingerprint density at radius 3 is 2.68 bits per heavy atom. The zero-order valence-corrected chi connectivity index (χ0v) is 18.4. The predicted octanol–water partition coefficient (Wildman–Crippen LogP) is 2.10. The zero-order valence-electron chi connectivity index (χ0n) is 17.6. The number of nitrogens with zero attached hydrogens (tertiary/aromatic N) is 5. The first kappa shape index (κ1) is 21.0. The molecule has 0 aliphatic carbocycles. The quantitative estimate of drug-likeness (QED) is 0.629. The monoisotopic (exact) mass is 440 g/mol. The summed E-state index contributed by atoms with van der Waals surface area (Å²) in [6.07, 6.45) is 4.49. The number of pyridine rings is 1. The van der Waals surface area contributed by atoms with Gasteiger partial charge in [-0.05, 0) is 49.7 Å². The number of hydrogen-bond donors (Lipinski definition) is 1. The minimum Gasteiger partial charge on any atom is -0.346 e. The minimum atomic E-state index is -3.48. The lowest BCUT2D eigenvalue weighted by Crippen LogP contribution is -2.29. The molecule has 31 heavy (non-hydrogen) atoms. The molecule has 9 nitrogen and oxygen atoms in total. The van der Waals surface area contributed by atoms with E-state index in [0.29, 0.717) is 23.6 Å². The maximum Gasteiger partial charge on any atom is 0.251 e. The first-order valence-electron chi connectivity index (χ1n) is 9.95. The Morgan fingerprint density at radius 1 is 1.23 bits per heavy atom. The van der Waals surface area contributed by atoms with Crippen molar-refractivity contribution >= 4 is 21.6 Å². The van der Waals surface area contributed by atoms with Crippen LogP contribution in [0.4, 0.5) is 5.69 Å². The molecule has 0 saturated heterocycles. The number of carbonyl (C=O) groups is 1. The highest BCUT2D eigenvalue weighted by Gasteiger charge is 2.37. The number of fused-ring (bicyclic) bond motifs is 1. The van der Waals surface area contributed by atoms with Crippen molar-refractivity contribution in [2.45, 2.75) is 32.4 Å². The fraction of sp³-hybridized carbons (Fsp3) is 0.333. The number of amides is 1. The van der Waals surface area contributed by atoms with E-state index in [4.69, 9.17) is 0 Å². The molecule has 1 aliphatic rings. The highest BCUT2D eigenvalue weighted by atomic mass is 32.2. The molecule has 2 aromatic heterocycles. The van der Waals surface area contributed by atoms with Crippen LogP contribution in [-0.2, 0) is 16.6 Å². The smallest absolute Gasteiger partial charge is 0.251 e. The normalized spacial score (nSPS) is 15.9. The van der Waals surface area contributed by atoms with Gasteiger partial charge in [-0.1, -0.05) is 6.07 Å². The Hall–Kier alpha value is -3.27. The van der Waals surface area contributed by atoms with Crippen LogP contribution in [0.3, 0.4) is 0 Å². The average molecular weight is 441 g/mol. The van der Waals surface area contributed by atoms with Crippen molar-refractivity contribution in [1.29, 1.82) is 0 Å². The van der Waals surface area contributed by atoms with E-state index in [0.717, 1.165) is 11.3 Å². The molecular weight excluding hydrogens is 416 g/mol. The SMILES string of the molecule is CC(C)n1cnc([C@@H]2CN(S(C)(=O)=O)c3ccc(C(=O)NCc4ccccn4)cc32)n1. The van der Waals surface area contributed by atoms with Crippen LogP contribution in [0.25, 0.3) is 0 Å². The van der Waals surface area contributed by atoms with Gasteiger partial charge in [0.1, 0.15) is 6.33 Å². The maximum atomic E-state index is 12.7. The number of benzene rings is 1. The molecule has 4 rings (SSSR count). The van der Waals surface area contributed by atoms with Gasteiger partial charge >= 0.3 is 0 Å². The summed E-state index contributed by atoms with van der Waals surface area (Å²) in [7, 11) is -3.48. The lowest BCUT2D eigenvalue weighted by atomic mass is 9.98. The number of sulfonamides is 1. The van der Waals surface area contributed by atoms with E-state index < -0.39 is 10.0 Å². The largest absolute Gasteiger partial charge is 0.346 e. The summed E-state index contributed by atoms with van der Waals surface area (Å²) in [4.78, 5) is 21.3. The molecule has 10 heteroatoms. The second-order valence-electron chi connectivity index (χ2n) is 7.80. The van der Waals surface area contributed by atoms with Gasteiger partial charge < -0.3 is 5.32 Å². The van der Waals surface area contributed by atoms with Gasteiger partial charge in [-0.3, -0.25) is 18.8 Å². The molecule has 0 bridgehead atoms. The van der Waals surface area contributed by atoms with Crippen molar-refractivity contribution in [2.75, 3.05) is 17.1 Å². The highest BCUT2D eigenvalue weighted by molar-refractivity contribution is 7.92. The summed E-state index contributed by atoms with van der Waals surface area (Å²) in [6, 6.07) is 10.7. The van der Waals surface area contributed by atoms with Gasteiger partial charge in [-0.2, -0.15) is 5.10 Å². The fourth-order valence-electron chi connectivity index (χ4n) is 3.57. The zero-order chi connectivity index (χ0) is 22.2. The molecule has 1 amide bonds. The summed E-state index contributed by atoms with van der Waals surface area (Å²) in [6.45, 7) is 4.49. The Morgan fingerprint density at radius 2 is 2.03 bits per heavy atom. The van der Waals surface area contributed by atoms with E-state index in [1.165, 1.54) is 10.6 Å². The van der Waals surface area contributed by atoms with Crippen LogP contribution in [0.5, 0.6) is 0 Å². The molecule has 0 unspecified atom stereocenters. The van der Waals surface area contributed by atoms with Crippen molar-refractivity contribution in [3.63, 3.8) is 0 Å². The third-order valence-corrected chi connectivity index (χ3v) is 6.35. The second kappa shape index (κ2) is 8.10. The van der Waals surface area contributed by atoms with Crippen molar-refractivity contribution in [1.82, 2.24) is 25.1 Å². The van der Waals surface area contributed by atoms with E-state index in [1.54, 1.807) is 35.4 Å².